The van der Waals surface area contributed by atoms with Crippen LogP contribution in [0.1, 0.15) is 21.5 Å². The molecule has 140 valence electrons. The summed E-state index contributed by atoms with van der Waals surface area (Å²) in [6.07, 6.45) is 1.67. The van der Waals surface area contributed by atoms with E-state index in [0.717, 1.165) is 10.0 Å². The molecule has 0 unspecified atom stereocenters. The van der Waals surface area contributed by atoms with Crippen LogP contribution >= 0.6 is 15.9 Å². The minimum Gasteiger partial charge on any atom is -0.422 e. The first-order chi connectivity index (χ1) is 13.6. The molecule has 3 aromatic rings. The monoisotopic (exact) mass is 436 g/mol. The summed E-state index contributed by atoms with van der Waals surface area (Å²) in [5, 5.41) is 3.98. The molecular weight excluding hydrogens is 420 g/mol. The molecule has 5 nitrogen and oxygen atoms in total. The number of rotatable bonds is 6. The van der Waals surface area contributed by atoms with Crippen LogP contribution in [0.3, 0.4) is 0 Å². The van der Waals surface area contributed by atoms with Gasteiger partial charge in [-0.25, -0.2) is 10.2 Å². The Kier molecular flexibility index (Phi) is 6.70. The van der Waals surface area contributed by atoms with Crippen LogP contribution in [0.2, 0.25) is 0 Å². The summed E-state index contributed by atoms with van der Waals surface area (Å²) in [6.45, 7) is 0. The number of carbonyl (C=O) groups excluding carboxylic acids is 2. The number of carbonyl (C=O) groups is 2. The maximum Gasteiger partial charge on any atom is 0.343 e. The van der Waals surface area contributed by atoms with E-state index in [-0.39, 0.29) is 12.3 Å². The van der Waals surface area contributed by atoms with Gasteiger partial charge in [0.15, 0.2) is 0 Å². The zero-order valence-electron chi connectivity index (χ0n) is 14.8. The minimum absolute atomic E-state index is 0.229. The third kappa shape index (κ3) is 5.62. The summed E-state index contributed by atoms with van der Waals surface area (Å²) in [5.74, 6) is -0.357. The fourth-order valence-corrected chi connectivity index (χ4v) is 2.82. The lowest BCUT2D eigenvalue weighted by atomic mass is 10.1. The molecular formula is C22H17BrN2O3. The second-order valence-corrected chi connectivity index (χ2v) is 6.81. The second-order valence-electron chi connectivity index (χ2n) is 5.89. The lowest BCUT2D eigenvalue weighted by Crippen LogP contribution is -2.19. The van der Waals surface area contributed by atoms with Crippen molar-refractivity contribution >= 4 is 34.0 Å². The predicted molar refractivity (Wildman–Crippen MR) is 111 cm³/mol. The van der Waals surface area contributed by atoms with Crippen molar-refractivity contribution in [1.29, 1.82) is 0 Å². The molecule has 1 N–H and O–H groups in total. The van der Waals surface area contributed by atoms with Crippen LogP contribution in [0.15, 0.2) is 88.4 Å². The van der Waals surface area contributed by atoms with Crippen LogP contribution < -0.4 is 10.2 Å². The van der Waals surface area contributed by atoms with E-state index in [1.807, 2.05) is 36.4 Å². The van der Waals surface area contributed by atoms with E-state index in [4.69, 9.17) is 4.74 Å². The largest absolute Gasteiger partial charge is 0.422 e. The molecule has 0 atom stereocenters. The Balaban J connectivity index is 1.67. The Labute approximate surface area is 171 Å². The molecule has 3 rings (SSSR count). The molecule has 0 radical (unpaired) electrons. The molecule has 0 aliphatic rings. The first-order valence-electron chi connectivity index (χ1n) is 8.54. The van der Waals surface area contributed by atoms with Gasteiger partial charge in [0.05, 0.1) is 18.2 Å². The lowest BCUT2D eigenvalue weighted by molar-refractivity contribution is -0.120. The molecule has 0 heterocycles. The Morgan fingerprint density at radius 3 is 2.36 bits per heavy atom. The molecule has 0 saturated carbocycles. The average molecular weight is 437 g/mol. The standard InChI is InChI=1S/C22H17BrN2O3/c23-19-11-12-20(28-22(27)17-9-5-2-6-10-17)18(14-19)15-24-25-21(26)13-16-7-3-1-4-8-16/h1-12,14-15H,13H2,(H,25,26). The molecule has 6 heteroatoms. The molecule has 0 aliphatic heterocycles. The van der Waals surface area contributed by atoms with E-state index in [9.17, 15) is 9.59 Å². The number of hydrazone groups is 1. The van der Waals surface area contributed by atoms with Crippen LogP contribution in [-0.4, -0.2) is 18.1 Å². The van der Waals surface area contributed by atoms with Crippen molar-refractivity contribution in [2.75, 3.05) is 0 Å². The molecule has 3 aromatic carbocycles. The molecule has 0 aliphatic carbocycles. The van der Waals surface area contributed by atoms with Gasteiger partial charge < -0.3 is 4.74 Å². The molecule has 0 fully saturated rings. The fraction of sp³-hybridized carbons (Fsp3) is 0.0455. The van der Waals surface area contributed by atoms with Gasteiger partial charge in [-0.2, -0.15) is 5.10 Å². The van der Waals surface area contributed by atoms with Crippen molar-refractivity contribution in [3.63, 3.8) is 0 Å². The maximum atomic E-state index is 12.3. The van der Waals surface area contributed by atoms with Crippen molar-refractivity contribution in [2.24, 2.45) is 5.10 Å². The zero-order chi connectivity index (χ0) is 19.8. The van der Waals surface area contributed by atoms with E-state index in [2.05, 4.69) is 26.5 Å². The molecule has 0 spiro atoms. The van der Waals surface area contributed by atoms with Crippen molar-refractivity contribution < 1.29 is 14.3 Å². The summed E-state index contributed by atoms with van der Waals surface area (Å²) in [4.78, 5) is 24.3. The Morgan fingerprint density at radius 2 is 1.64 bits per heavy atom. The maximum absolute atomic E-state index is 12.3. The molecule has 1 amide bonds. The highest BCUT2D eigenvalue weighted by Gasteiger charge is 2.11. The summed E-state index contributed by atoms with van der Waals surface area (Å²) >= 11 is 3.38. The molecule has 0 aromatic heterocycles. The van der Waals surface area contributed by atoms with Crippen molar-refractivity contribution in [3.05, 3.63) is 100 Å². The van der Waals surface area contributed by atoms with E-state index in [1.165, 1.54) is 6.21 Å². The van der Waals surface area contributed by atoms with Crippen LogP contribution in [0, 0.1) is 0 Å². The van der Waals surface area contributed by atoms with Crippen molar-refractivity contribution in [3.8, 4) is 5.75 Å². The van der Waals surface area contributed by atoms with Crippen LogP contribution in [0.5, 0.6) is 5.75 Å². The van der Waals surface area contributed by atoms with Crippen molar-refractivity contribution in [2.45, 2.75) is 6.42 Å². The number of nitrogens with zero attached hydrogens (tertiary/aromatic N) is 1. The Hall–Kier alpha value is -3.25. The van der Waals surface area contributed by atoms with Gasteiger partial charge in [-0.1, -0.05) is 64.5 Å². The average Bonchev–Trinajstić information content (AvgIpc) is 2.71. The first kappa shape index (κ1) is 19.5. The highest BCUT2D eigenvalue weighted by molar-refractivity contribution is 9.10. The number of nitrogens with one attached hydrogen (secondary N) is 1. The van der Waals surface area contributed by atoms with Crippen LogP contribution in [0.4, 0.5) is 0 Å². The highest BCUT2D eigenvalue weighted by Crippen LogP contribution is 2.23. The van der Waals surface area contributed by atoms with E-state index >= 15 is 0 Å². The molecule has 28 heavy (non-hydrogen) atoms. The number of halogens is 1. The van der Waals surface area contributed by atoms with Gasteiger partial charge in [0.25, 0.3) is 0 Å². The molecule has 0 saturated heterocycles. The number of benzene rings is 3. The van der Waals surface area contributed by atoms with Gasteiger partial charge in [0, 0.05) is 10.0 Å². The van der Waals surface area contributed by atoms with Gasteiger partial charge in [-0.3, -0.25) is 4.79 Å². The quantitative estimate of drug-likeness (QED) is 0.270. The second kappa shape index (κ2) is 9.62. The number of amides is 1. The van der Waals surface area contributed by atoms with Gasteiger partial charge in [-0.15, -0.1) is 0 Å². The third-order valence-corrected chi connectivity index (χ3v) is 4.28. The smallest absolute Gasteiger partial charge is 0.343 e. The van der Waals surface area contributed by atoms with Crippen LogP contribution in [0.25, 0.3) is 0 Å². The van der Waals surface area contributed by atoms with E-state index in [0.29, 0.717) is 16.9 Å². The SMILES string of the molecule is O=C(Cc1ccccc1)NN=Cc1cc(Br)ccc1OC(=O)c1ccccc1. The fourth-order valence-electron chi connectivity index (χ4n) is 2.44. The van der Waals surface area contributed by atoms with Gasteiger partial charge >= 0.3 is 5.97 Å². The summed E-state index contributed by atoms with van der Waals surface area (Å²) < 4.78 is 6.27. The minimum atomic E-state index is -0.467. The molecule has 0 bridgehead atoms. The van der Waals surface area contributed by atoms with Crippen molar-refractivity contribution in [1.82, 2.24) is 5.43 Å². The van der Waals surface area contributed by atoms with Crippen LogP contribution in [-0.2, 0) is 11.2 Å². The summed E-state index contributed by atoms with van der Waals surface area (Å²) in [6, 6.07) is 23.3. The van der Waals surface area contributed by atoms with E-state index in [1.54, 1.807) is 42.5 Å². The zero-order valence-corrected chi connectivity index (χ0v) is 16.4. The summed E-state index contributed by atoms with van der Waals surface area (Å²) in [5.41, 5.74) is 4.39. The van der Waals surface area contributed by atoms with E-state index < -0.39 is 5.97 Å². The van der Waals surface area contributed by atoms with Gasteiger partial charge in [-0.05, 0) is 35.9 Å². The number of hydrogen-bond donors (Lipinski definition) is 1. The Morgan fingerprint density at radius 1 is 0.964 bits per heavy atom. The number of esters is 1. The third-order valence-electron chi connectivity index (χ3n) is 3.78. The number of hydrogen-bond acceptors (Lipinski definition) is 4. The Bertz CT molecular complexity index is 989. The van der Waals surface area contributed by atoms with Gasteiger partial charge in [0.2, 0.25) is 5.91 Å². The summed E-state index contributed by atoms with van der Waals surface area (Å²) in [7, 11) is 0. The predicted octanol–water partition coefficient (Wildman–Crippen LogP) is 4.36. The number of ether oxygens (including phenoxy) is 1. The highest BCUT2D eigenvalue weighted by atomic mass is 79.9. The first-order valence-corrected chi connectivity index (χ1v) is 9.34. The topological polar surface area (TPSA) is 67.8 Å². The normalized spacial score (nSPS) is 10.6. The lowest BCUT2D eigenvalue weighted by Gasteiger charge is -2.08. The van der Waals surface area contributed by atoms with Gasteiger partial charge in [0.1, 0.15) is 5.75 Å².